The Hall–Kier alpha value is -3.48. The number of halogens is 1. The number of piperidine rings is 1. The van der Waals surface area contributed by atoms with Gasteiger partial charge in [0.25, 0.3) is 0 Å². The van der Waals surface area contributed by atoms with Gasteiger partial charge in [0.15, 0.2) is 5.65 Å². The number of fused-ring (bicyclic) bond motifs is 1. The Kier molecular flexibility index (Phi) is 5.17. The first kappa shape index (κ1) is 20.1. The maximum absolute atomic E-state index is 13.9. The number of rotatable bonds is 4. The van der Waals surface area contributed by atoms with E-state index in [2.05, 4.69) is 33.3 Å². The number of nitrogens with zero attached hydrogens (tertiary/aromatic N) is 6. The molecule has 0 N–H and O–H groups in total. The molecule has 1 aromatic carbocycles. The molecule has 7 heteroatoms. The largest absolute Gasteiger partial charge is 0.357 e. The molecule has 6 nitrogen and oxygen atoms in total. The predicted molar refractivity (Wildman–Crippen MR) is 128 cm³/mol. The second kappa shape index (κ2) is 8.46. The maximum Gasteiger partial charge on any atom is 0.154 e. The van der Waals surface area contributed by atoms with E-state index >= 15 is 0 Å². The molecule has 6 rings (SSSR count). The van der Waals surface area contributed by atoms with Crippen LogP contribution in [0.5, 0.6) is 0 Å². The Morgan fingerprint density at radius 3 is 2.67 bits per heavy atom. The van der Waals surface area contributed by atoms with Crippen LogP contribution in [-0.2, 0) is 0 Å². The summed E-state index contributed by atoms with van der Waals surface area (Å²) in [6.45, 7) is 2.90. The number of anilines is 2. The maximum atomic E-state index is 13.9. The number of imidazole rings is 1. The van der Waals surface area contributed by atoms with Crippen LogP contribution in [-0.4, -0.2) is 39.2 Å². The topological polar surface area (TPSA) is 49.6 Å². The second-order valence-electron chi connectivity index (χ2n) is 8.75. The van der Waals surface area contributed by atoms with E-state index in [4.69, 9.17) is 10.1 Å². The van der Waals surface area contributed by atoms with Crippen LogP contribution in [0.4, 0.5) is 16.0 Å². The molecule has 0 saturated carbocycles. The lowest BCUT2D eigenvalue weighted by Gasteiger charge is -2.27. The average molecular weight is 442 g/mol. The predicted octanol–water partition coefficient (Wildman–Crippen LogP) is 5.08. The van der Waals surface area contributed by atoms with E-state index in [1.807, 2.05) is 35.0 Å². The van der Waals surface area contributed by atoms with E-state index in [1.165, 1.54) is 6.07 Å². The van der Waals surface area contributed by atoms with Crippen molar-refractivity contribution in [1.82, 2.24) is 19.6 Å². The van der Waals surface area contributed by atoms with Crippen molar-refractivity contribution in [3.63, 3.8) is 0 Å². The zero-order valence-electron chi connectivity index (χ0n) is 18.4. The van der Waals surface area contributed by atoms with Crippen LogP contribution in [0.1, 0.15) is 37.3 Å². The normalized spacial score (nSPS) is 18.9. The summed E-state index contributed by atoms with van der Waals surface area (Å²) >= 11 is 0. The van der Waals surface area contributed by atoms with Crippen molar-refractivity contribution >= 4 is 17.3 Å². The molecule has 167 valence electrons. The number of hydrogen-bond acceptors (Lipinski definition) is 5. The highest BCUT2D eigenvalue weighted by Gasteiger charge is 2.28. The first-order chi connectivity index (χ1) is 16.3. The first-order valence-electron chi connectivity index (χ1n) is 11.7. The molecule has 1 radical (unpaired) electrons. The average Bonchev–Trinajstić information content (AvgIpc) is 3.52. The molecule has 0 spiro atoms. The number of pyridine rings is 1. The minimum Gasteiger partial charge on any atom is -0.357 e. The lowest BCUT2D eigenvalue weighted by atomic mass is 10.0. The summed E-state index contributed by atoms with van der Waals surface area (Å²) in [6.07, 6.45) is 8.40. The van der Waals surface area contributed by atoms with E-state index in [0.29, 0.717) is 0 Å². The van der Waals surface area contributed by atoms with Gasteiger partial charge in [-0.25, -0.2) is 18.9 Å². The second-order valence-corrected chi connectivity index (χ2v) is 8.75. The zero-order valence-corrected chi connectivity index (χ0v) is 18.4. The summed E-state index contributed by atoms with van der Waals surface area (Å²) in [7, 11) is 0. The molecule has 5 heterocycles. The summed E-state index contributed by atoms with van der Waals surface area (Å²) in [5.74, 6) is 1.67. The zero-order chi connectivity index (χ0) is 22.2. The summed E-state index contributed by atoms with van der Waals surface area (Å²) < 4.78 is 15.7. The Balaban J connectivity index is 1.36. The monoisotopic (exact) mass is 441 g/mol. The van der Waals surface area contributed by atoms with Gasteiger partial charge in [0, 0.05) is 19.6 Å². The van der Waals surface area contributed by atoms with Gasteiger partial charge >= 0.3 is 0 Å². The van der Waals surface area contributed by atoms with Crippen molar-refractivity contribution < 1.29 is 4.39 Å². The highest BCUT2D eigenvalue weighted by molar-refractivity contribution is 5.62. The van der Waals surface area contributed by atoms with Crippen LogP contribution >= 0.6 is 0 Å². The van der Waals surface area contributed by atoms with Gasteiger partial charge in [-0.3, -0.25) is 0 Å². The molecular formula is C26H26FN6. The molecule has 0 bridgehead atoms. The minimum atomic E-state index is -0.197. The van der Waals surface area contributed by atoms with E-state index in [1.54, 1.807) is 12.1 Å². The Morgan fingerprint density at radius 2 is 1.79 bits per heavy atom. The number of hydrogen-bond donors (Lipinski definition) is 0. The van der Waals surface area contributed by atoms with Gasteiger partial charge in [0.1, 0.15) is 23.1 Å². The van der Waals surface area contributed by atoms with E-state index < -0.39 is 0 Å². The standard InChI is InChI=1S/C26H26FN6/c27-20-8-4-7-19(17-20)22-10-6-16-32(22)26-13-12-24-28-18-23(33(24)30-26)21-9-5-11-25(29-21)31-14-2-1-3-15-31/h1,4-5,7-9,11-13,17-18,22H,2-3,6,10,14-16H2/t22-/m1/s1. The third-order valence-electron chi connectivity index (χ3n) is 6.66. The Bertz CT molecular complexity index is 1280. The summed E-state index contributed by atoms with van der Waals surface area (Å²) in [6, 6.07) is 17.2. The lowest BCUT2D eigenvalue weighted by Crippen LogP contribution is -2.30. The van der Waals surface area contributed by atoms with Gasteiger partial charge in [-0.05, 0) is 74.1 Å². The SMILES string of the molecule is Fc1cccc([C@H]2CCCN2c2ccc3ncc(-c4cccc(N5CC[CH]CC5)n4)n3n2)c1. The first-order valence-corrected chi connectivity index (χ1v) is 11.7. The van der Waals surface area contributed by atoms with Crippen molar-refractivity contribution in [3.8, 4) is 11.4 Å². The molecule has 0 aliphatic carbocycles. The molecule has 0 amide bonds. The molecule has 4 aromatic rings. The fourth-order valence-electron chi connectivity index (χ4n) is 5.01. The molecule has 2 aliphatic rings. The fraction of sp³-hybridized carbons (Fsp3) is 0.308. The van der Waals surface area contributed by atoms with Crippen molar-refractivity contribution in [1.29, 1.82) is 0 Å². The molecule has 2 saturated heterocycles. The molecule has 2 fully saturated rings. The van der Waals surface area contributed by atoms with Crippen molar-refractivity contribution in [2.75, 3.05) is 29.4 Å². The molecule has 33 heavy (non-hydrogen) atoms. The Labute approximate surface area is 192 Å². The van der Waals surface area contributed by atoms with Gasteiger partial charge in [-0.15, -0.1) is 5.10 Å². The summed E-state index contributed by atoms with van der Waals surface area (Å²) in [5, 5.41) is 4.96. The van der Waals surface area contributed by atoms with Crippen LogP contribution in [0, 0.1) is 12.2 Å². The highest BCUT2D eigenvalue weighted by Crippen LogP contribution is 2.35. The highest BCUT2D eigenvalue weighted by atomic mass is 19.1. The van der Waals surface area contributed by atoms with Crippen molar-refractivity contribution in [2.45, 2.75) is 31.7 Å². The lowest BCUT2D eigenvalue weighted by molar-refractivity contribution is 0.617. The molecular weight excluding hydrogens is 415 g/mol. The summed E-state index contributed by atoms with van der Waals surface area (Å²) in [5.41, 5.74) is 3.52. The van der Waals surface area contributed by atoms with Gasteiger partial charge in [0.05, 0.1) is 17.9 Å². The molecule has 2 aliphatic heterocycles. The van der Waals surface area contributed by atoms with Crippen LogP contribution < -0.4 is 9.80 Å². The van der Waals surface area contributed by atoms with Crippen LogP contribution in [0.3, 0.4) is 0 Å². The van der Waals surface area contributed by atoms with Gasteiger partial charge in [-0.1, -0.05) is 18.2 Å². The quantitative estimate of drug-likeness (QED) is 0.442. The summed E-state index contributed by atoms with van der Waals surface area (Å²) in [4.78, 5) is 14.1. The fourth-order valence-corrected chi connectivity index (χ4v) is 5.01. The van der Waals surface area contributed by atoms with Gasteiger partial charge in [0.2, 0.25) is 0 Å². The minimum absolute atomic E-state index is 0.120. The number of benzene rings is 1. The van der Waals surface area contributed by atoms with Crippen molar-refractivity contribution in [3.05, 3.63) is 78.6 Å². The van der Waals surface area contributed by atoms with E-state index in [9.17, 15) is 4.39 Å². The van der Waals surface area contributed by atoms with Gasteiger partial charge in [-0.2, -0.15) is 0 Å². The number of aromatic nitrogens is 4. The third kappa shape index (κ3) is 3.81. The van der Waals surface area contributed by atoms with Crippen LogP contribution in [0.25, 0.3) is 17.0 Å². The third-order valence-corrected chi connectivity index (χ3v) is 6.66. The smallest absolute Gasteiger partial charge is 0.154 e. The van der Waals surface area contributed by atoms with Crippen LogP contribution in [0.2, 0.25) is 0 Å². The van der Waals surface area contributed by atoms with Crippen LogP contribution in [0.15, 0.2) is 60.8 Å². The van der Waals surface area contributed by atoms with Gasteiger partial charge < -0.3 is 9.80 Å². The molecule has 3 aromatic heterocycles. The van der Waals surface area contributed by atoms with E-state index in [-0.39, 0.29) is 11.9 Å². The van der Waals surface area contributed by atoms with E-state index in [0.717, 1.165) is 79.6 Å². The van der Waals surface area contributed by atoms with Crippen molar-refractivity contribution in [2.24, 2.45) is 0 Å². The Morgan fingerprint density at radius 1 is 0.909 bits per heavy atom. The molecule has 1 atom stereocenters. The molecule has 0 unspecified atom stereocenters.